The summed E-state index contributed by atoms with van der Waals surface area (Å²) in [5, 5.41) is 9.57. The van der Waals surface area contributed by atoms with E-state index in [1.54, 1.807) is 12.1 Å². The molecule has 0 bridgehead atoms. The van der Waals surface area contributed by atoms with Gasteiger partial charge in [-0.05, 0) is 60.4 Å². The number of carbonyl (C=O) groups is 1. The largest absolute Gasteiger partial charge is 0.508 e. The number of aromatic hydroxyl groups is 1. The molecule has 0 aliphatic heterocycles. The molecule has 1 aromatic heterocycles. The minimum Gasteiger partial charge on any atom is -0.508 e. The normalized spacial score (nSPS) is 11.7. The van der Waals surface area contributed by atoms with Gasteiger partial charge < -0.3 is 15.4 Å². The van der Waals surface area contributed by atoms with Crippen molar-refractivity contribution in [3.63, 3.8) is 0 Å². The molecule has 3 aromatic rings. The van der Waals surface area contributed by atoms with E-state index < -0.39 is 0 Å². The Labute approximate surface area is 192 Å². The molecular weight excluding hydrogens is 396 g/mol. The maximum absolute atomic E-state index is 12.6. The Morgan fingerprint density at radius 3 is 2.16 bits per heavy atom. The number of nitrogens with two attached hydrogens (primary N) is 1. The molecule has 1 heterocycles. The summed E-state index contributed by atoms with van der Waals surface area (Å²) in [5.41, 5.74) is 13.2. The molecule has 0 unspecified atom stereocenters. The second-order valence-electron chi connectivity index (χ2n) is 9.65. The van der Waals surface area contributed by atoms with Gasteiger partial charge in [0.1, 0.15) is 5.75 Å². The lowest BCUT2D eigenvalue weighted by atomic mass is 9.86. The third-order valence-corrected chi connectivity index (χ3v) is 6.24. The SMILES string of the molecule is CCCCc1c(-c2ccc(C(C)(C)C)cc2)c(C(N)=O)c(C)n1CCc1ccc(O)cc1. The number of carbonyl (C=O) groups excluding carboxylic acids is 1. The molecule has 0 saturated carbocycles. The van der Waals surface area contributed by atoms with E-state index in [0.717, 1.165) is 54.6 Å². The van der Waals surface area contributed by atoms with E-state index in [1.165, 1.54) is 11.3 Å². The van der Waals surface area contributed by atoms with Gasteiger partial charge in [0.05, 0.1) is 5.56 Å². The van der Waals surface area contributed by atoms with Crippen LogP contribution in [0, 0.1) is 6.92 Å². The van der Waals surface area contributed by atoms with Crippen LogP contribution in [0.3, 0.4) is 0 Å². The van der Waals surface area contributed by atoms with Crippen LogP contribution in [0.1, 0.15) is 73.4 Å². The maximum Gasteiger partial charge on any atom is 0.251 e. The van der Waals surface area contributed by atoms with Gasteiger partial charge in [-0.15, -0.1) is 0 Å². The smallest absolute Gasteiger partial charge is 0.251 e. The quantitative estimate of drug-likeness (QED) is 0.448. The lowest BCUT2D eigenvalue weighted by Crippen LogP contribution is -2.14. The molecule has 4 heteroatoms. The highest BCUT2D eigenvalue weighted by Crippen LogP contribution is 2.35. The first kappa shape index (κ1) is 23.6. The molecule has 0 spiro atoms. The highest BCUT2D eigenvalue weighted by atomic mass is 16.3. The number of nitrogens with zero attached hydrogens (tertiary/aromatic N) is 1. The van der Waals surface area contributed by atoms with Crippen LogP contribution in [0.5, 0.6) is 5.75 Å². The molecule has 0 aliphatic carbocycles. The predicted molar refractivity (Wildman–Crippen MR) is 132 cm³/mol. The number of unbranched alkanes of at least 4 members (excludes halogenated alkanes) is 1. The summed E-state index contributed by atoms with van der Waals surface area (Å²) in [7, 11) is 0. The van der Waals surface area contributed by atoms with E-state index >= 15 is 0 Å². The molecule has 0 radical (unpaired) electrons. The van der Waals surface area contributed by atoms with Gasteiger partial charge in [0.15, 0.2) is 0 Å². The maximum atomic E-state index is 12.6. The fourth-order valence-electron chi connectivity index (χ4n) is 4.36. The highest BCUT2D eigenvalue weighted by molar-refractivity contribution is 6.02. The molecule has 32 heavy (non-hydrogen) atoms. The monoisotopic (exact) mass is 432 g/mol. The minimum atomic E-state index is -0.376. The Hall–Kier alpha value is -3.01. The van der Waals surface area contributed by atoms with Crippen molar-refractivity contribution in [1.82, 2.24) is 4.57 Å². The van der Waals surface area contributed by atoms with Crippen LogP contribution in [0.2, 0.25) is 0 Å². The first-order valence-electron chi connectivity index (χ1n) is 11.5. The van der Waals surface area contributed by atoms with E-state index in [1.807, 2.05) is 19.1 Å². The van der Waals surface area contributed by atoms with E-state index in [0.29, 0.717) is 5.56 Å². The molecule has 0 fully saturated rings. The van der Waals surface area contributed by atoms with Crippen LogP contribution in [-0.4, -0.2) is 15.6 Å². The number of phenolic OH excluding ortho intramolecular Hbond substituents is 1. The molecule has 170 valence electrons. The molecule has 0 saturated heterocycles. The molecule has 4 nitrogen and oxygen atoms in total. The fourth-order valence-corrected chi connectivity index (χ4v) is 4.36. The number of benzene rings is 2. The number of hydrogen-bond donors (Lipinski definition) is 2. The Morgan fingerprint density at radius 1 is 1.00 bits per heavy atom. The van der Waals surface area contributed by atoms with E-state index in [-0.39, 0.29) is 17.1 Å². The standard InChI is InChI=1S/C28H36N2O2/c1-6-7-8-24-26(21-11-13-22(14-12-21)28(3,4)5)25(27(29)32)19(2)30(24)18-17-20-9-15-23(31)16-10-20/h9-16,31H,6-8,17-18H2,1-5H3,(H2,29,32). The Bertz CT molecular complexity index is 1070. The highest BCUT2D eigenvalue weighted by Gasteiger charge is 2.25. The van der Waals surface area contributed by atoms with Gasteiger partial charge in [-0.1, -0.05) is 70.5 Å². The van der Waals surface area contributed by atoms with Crippen LogP contribution in [0.4, 0.5) is 0 Å². The van der Waals surface area contributed by atoms with E-state index in [4.69, 9.17) is 5.73 Å². The van der Waals surface area contributed by atoms with Crippen molar-refractivity contribution < 1.29 is 9.90 Å². The number of hydrogen-bond acceptors (Lipinski definition) is 2. The third-order valence-electron chi connectivity index (χ3n) is 6.24. The van der Waals surface area contributed by atoms with Crippen molar-refractivity contribution in [2.24, 2.45) is 5.73 Å². The lowest BCUT2D eigenvalue weighted by Gasteiger charge is -2.19. The average molecular weight is 433 g/mol. The summed E-state index contributed by atoms with van der Waals surface area (Å²) >= 11 is 0. The number of amides is 1. The minimum absolute atomic E-state index is 0.0715. The zero-order valence-corrected chi connectivity index (χ0v) is 20.0. The summed E-state index contributed by atoms with van der Waals surface area (Å²) in [4.78, 5) is 12.6. The van der Waals surface area contributed by atoms with Gasteiger partial charge in [-0.3, -0.25) is 4.79 Å². The second-order valence-corrected chi connectivity index (χ2v) is 9.65. The second kappa shape index (κ2) is 9.64. The van der Waals surface area contributed by atoms with Gasteiger partial charge in [0, 0.05) is 23.5 Å². The predicted octanol–water partition coefficient (Wildman–Crippen LogP) is 6.15. The van der Waals surface area contributed by atoms with E-state index in [9.17, 15) is 9.90 Å². The number of rotatable bonds is 8. The molecule has 3 rings (SSSR count). The zero-order valence-electron chi connectivity index (χ0n) is 20.0. The Morgan fingerprint density at radius 2 is 1.62 bits per heavy atom. The number of phenols is 1. The molecular formula is C28H36N2O2. The summed E-state index contributed by atoms with van der Waals surface area (Å²) in [5.74, 6) is -0.106. The first-order valence-corrected chi connectivity index (χ1v) is 11.5. The van der Waals surface area contributed by atoms with Gasteiger partial charge >= 0.3 is 0 Å². The van der Waals surface area contributed by atoms with Crippen molar-refractivity contribution >= 4 is 5.91 Å². The molecule has 0 aliphatic rings. The third kappa shape index (κ3) is 5.07. The summed E-state index contributed by atoms with van der Waals surface area (Å²) in [6, 6.07) is 15.9. The van der Waals surface area contributed by atoms with Crippen molar-refractivity contribution in [1.29, 1.82) is 0 Å². The summed E-state index contributed by atoms with van der Waals surface area (Å²) < 4.78 is 2.27. The summed E-state index contributed by atoms with van der Waals surface area (Å²) in [6.07, 6.45) is 3.84. The molecule has 3 N–H and O–H groups in total. The van der Waals surface area contributed by atoms with E-state index in [2.05, 4.69) is 56.5 Å². The van der Waals surface area contributed by atoms with Gasteiger partial charge in [-0.2, -0.15) is 0 Å². The van der Waals surface area contributed by atoms with Crippen molar-refractivity contribution in [3.05, 3.63) is 76.6 Å². The van der Waals surface area contributed by atoms with Crippen molar-refractivity contribution in [2.75, 3.05) is 0 Å². The van der Waals surface area contributed by atoms with Crippen molar-refractivity contribution in [3.8, 4) is 16.9 Å². The van der Waals surface area contributed by atoms with Crippen LogP contribution in [-0.2, 0) is 24.8 Å². The Kier molecular flexibility index (Phi) is 7.12. The van der Waals surface area contributed by atoms with Crippen LogP contribution < -0.4 is 5.73 Å². The first-order chi connectivity index (χ1) is 15.1. The number of aromatic nitrogens is 1. The number of aryl methyl sites for hydroxylation is 1. The van der Waals surface area contributed by atoms with Crippen LogP contribution >= 0.6 is 0 Å². The molecule has 0 atom stereocenters. The fraction of sp³-hybridized carbons (Fsp3) is 0.393. The lowest BCUT2D eigenvalue weighted by molar-refractivity contribution is 0.1000. The van der Waals surface area contributed by atoms with Crippen molar-refractivity contribution in [2.45, 2.75) is 72.3 Å². The van der Waals surface area contributed by atoms with Crippen LogP contribution in [0.25, 0.3) is 11.1 Å². The van der Waals surface area contributed by atoms with Crippen LogP contribution in [0.15, 0.2) is 48.5 Å². The number of primary amides is 1. The van der Waals surface area contributed by atoms with Gasteiger partial charge in [0.2, 0.25) is 0 Å². The zero-order chi connectivity index (χ0) is 23.5. The average Bonchev–Trinajstić information content (AvgIpc) is 3.02. The topological polar surface area (TPSA) is 68.2 Å². The van der Waals surface area contributed by atoms with Gasteiger partial charge in [0.25, 0.3) is 5.91 Å². The molecule has 2 aromatic carbocycles. The molecule has 1 amide bonds. The van der Waals surface area contributed by atoms with Gasteiger partial charge in [-0.25, -0.2) is 0 Å². The Balaban J connectivity index is 2.09. The summed E-state index contributed by atoms with van der Waals surface area (Å²) in [6.45, 7) is 11.5.